The van der Waals surface area contributed by atoms with Crippen LogP contribution < -0.4 is 34.9 Å². The number of rotatable bonds is 8. The molecule has 15 heteroatoms. The highest BCUT2D eigenvalue weighted by Crippen LogP contribution is 2.48. The maximum atomic E-state index is 14.4. The number of methoxy groups -OCH3 is 1. The van der Waals surface area contributed by atoms with E-state index >= 15 is 0 Å². The van der Waals surface area contributed by atoms with Gasteiger partial charge in [-0.2, -0.15) is 0 Å². The van der Waals surface area contributed by atoms with E-state index in [2.05, 4.69) is 52.3 Å². The van der Waals surface area contributed by atoms with Crippen LogP contribution in [0.4, 0.5) is 4.79 Å². The zero-order valence-corrected chi connectivity index (χ0v) is 45.4. The number of fused-ring (bicyclic) bond motifs is 10. The highest BCUT2D eigenvalue weighted by atomic mass is 16.6. The van der Waals surface area contributed by atoms with Gasteiger partial charge < -0.3 is 53.8 Å². The van der Waals surface area contributed by atoms with Crippen LogP contribution in [-0.4, -0.2) is 108 Å². The van der Waals surface area contributed by atoms with Crippen LogP contribution in [0.5, 0.6) is 23.0 Å². The van der Waals surface area contributed by atoms with Gasteiger partial charge in [0.1, 0.15) is 73.7 Å². The van der Waals surface area contributed by atoms with E-state index in [4.69, 9.17) is 37.9 Å². The Balaban J connectivity index is 0.802. The SMILES string of the molecule is COC(=O)C1(NC(=O)[C@H](C)NC(=O)[C@H](C)NC(=O)OCC2c3ccccc3-c3ccccc32)Cc2cccc3c2-c2c(cccc2OCCOCCOc2ccc4ccccc4c2-c2c(ccc4ccccc24)OCCOCCO3)C1. The van der Waals surface area contributed by atoms with E-state index in [9.17, 15) is 19.2 Å². The molecule has 3 aliphatic rings. The van der Waals surface area contributed by atoms with Crippen molar-refractivity contribution < 1.29 is 57.1 Å². The van der Waals surface area contributed by atoms with Gasteiger partial charge in [-0.15, -0.1) is 0 Å². The summed E-state index contributed by atoms with van der Waals surface area (Å²) in [5, 5.41) is 12.5. The molecule has 8 aromatic rings. The first kappa shape index (κ1) is 54.1. The minimum Gasteiger partial charge on any atom is -0.491 e. The molecule has 0 bridgehead atoms. The third-order valence-electron chi connectivity index (χ3n) is 15.2. The Bertz CT molecular complexity index is 3460. The van der Waals surface area contributed by atoms with Gasteiger partial charge >= 0.3 is 12.1 Å². The maximum absolute atomic E-state index is 14.4. The lowest BCUT2D eigenvalue weighted by Crippen LogP contribution is -2.62. The molecule has 0 fully saturated rings. The van der Waals surface area contributed by atoms with Crippen LogP contribution in [0.2, 0.25) is 0 Å². The zero-order valence-electron chi connectivity index (χ0n) is 45.4. The molecule has 0 saturated heterocycles. The number of carbonyl (C=O) groups excluding carboxylic acids is 4. The molecule has 8 aromatic carbocycles. The fraction of sp³-hybridized carbons (Fsp3) is 0.273. The summed E-state index contributed by atoms with van der Waals surface area (Å²) in [6, 6.07) is 49.5. The molecule has 3 N–H and O–H groups in total. The molecule has 1 aliphatic heterocycles. The van der Waals surface area contributed by atoms with Crippen LogP contribution >= 0.6 is 0 Å². The quantitative estimate of drug-likeness (QED) is 0.123. The third kappa shape index (κ3) is 11.3. The average molecular weight is 1090 g/mol. The summed E-state index contributed by atoms with van der Waals surface area (Å²) in [5.41, 5.74) is 7.15. The molecule has 2 atom stereocenters. The van der Waals surface area contributed by atoms with E-state index in [1.807, 2.05) is 121 Å². The van der Waals surface area contributed by atoms with E-state index < -0.39 is 41.5 Å². The average Bonchev–Trinajstić information content (AvgIpc) is 3.77. The number of alkyl carbamates (subject to hydrolysis) is 1. The third-order valence-corrected chi connectivity index (χ3v) is 15.2. The lowest BCUT2D eigenvalue weighted by atomic mass is 9.86. The first-order valence-corrected chi connectivity index (χ1v) is 27.4. The highest BCUT2D eigenvalue weighted by Gasteiger charge is 2.46. The van der Waals surface area contributed by atoms with Gasteiger partial charge in [-0.25, -0.2) is 9.59 Å². The number of ether oxygens (including phenoxy) is 8. The van der Waals surface area contributed by atoms with Crippen LogP contribution in [0, 0.1) is 0 Å². The van der Waals surface area contributed by atoms with E-state index in [0.717, 1.165) is 54.9 Å². The molecule has 0 spiro atoms. The standard InChI is InChI=1S/C66H63N3O12/c1-41(68-65(73)81-40-53-51-22-10-8-20-49(51)50-21-9-11-23-52(50)53)62(70)67-42(2)63(71)69-66(64(72)74-3)38-45-16-12-24-54-58(45)59-46(39-66)17-13-25-55(59)78-35-31-76-33-37-80-57-29-27-44-15-5-7-19-48(44)61(57)60-47-18-6-4-14-43(47)26-28-56(60)79-36-32-75-30-34-77-54/h4-29,41-42,53H,30-40H2,1-3H3,(H,67,70)(H,68,73)(H,69,71)/t41-,42-/m0/s1. The number of nitrogens with one attached hydrogen (secondary N) is 3. The highest BCUT2D eigenvalue weighted by molar-refractivity contribution is 6.10. The van der Waals surface area contributed by atoms with Crippen LogP contribution in [0.3, 0.4) is 0 Å². The van der Waals surface area contributed by atoms with Crippen molar-refractivity contribution >= 4 is 45.4 Å². The van der Waals surface area contributed by atoms with Gasteiger partial charge in [-0.1, -0.05) is 133 Å². The Morgan fingerprint density at radius 3 is 1.43 bits per heavy atom. The van der Waals surface area contributed by atoms with Crippen molar-refractivity contribution in [2.45, 2.75) is 50.2 Å². The van der Waals surface area contributed by atoms with Gasteiger partial charge in [0.05, 0.1) is 33.5 Å². The molecule has 15 nitrogen and oxygen atoms in total. The molecule has 1 heterocycles. The molecule has 0 unspecified atom stereocenters. The zero-order chi connectivity index (χ0) is 55.9. The predicted octanol–water partition coefficient (Wildman–Crippen LogP) is 10.1. The van der Waals surface area contributed by atoms with Gasteiger partial charge in [0.15, 0.2) is 0 Å². The van der Waals surface area contributed by atoms with E-state index in [1.165, 1.54) is 21.0 Å². The molecular formula is C66H63N3O12. The fourth-order valence-electron chi connectivity index (χ4n) is 11.4. The molecule has 81 heavy (non-hydrogen) atoms. The van der Waals surface area contributed by atoms with Crippen molar-refractivity contribution in [1.82, 2.24) is 16.0 Å². The summed E-state index contributed by atoms with van der Waals surface area (Å²) < 4.78 is 49.7. The minimum absolute atomic E-state index is 0.0148. The second-order valence-electron chi connectivity index (χ2n) is 20.4. The molecule has 11 rings (SSSR count). The fourth-order valence-corrected chi connectivity index (χ4v) is 11.4. The Morgan fingerprint density at radius 2 is 0.938 bits per heavy atom. The molecule has 0 radical (unpaired) electrons. The number of carbonyl (C=O) groups is 4. The number of hydrogen-bond acceptors (Lipinski definition) is 12. The number of hydrogen-bond donors (Lipinski definition) is 3. The van der Waals surface area contributed by atoms with Crippen molar-refractivity contribution in [3.63, 3.8) is 0 Å². The summed E-state index contributed by atoms with van der Waals surface area (Å²) >= 11 is 0. The topological polar surface area (TPSA) is 178 Å². The van der Waals surface area contributed by atoms with Crippen LogP contribution in [0.25, 0.3) is 54.9 Å². The van der Waals surface area contributed by atoms with Crippen molar-refractivity contribution in [3.05, 3.63) is 180 Å². The lowest BCUT2D eigenvalue weighted by molar-refractivity contribution is -0.151. The molecule has 0 aromatic heterocycles. The van der Waals surface area contributed by atoms with Crippen molar-refractivity contribution in [3.8, 4) is 56.4 Å². The summed E-state index contributed by atoms with van der Waals surface area (Å²) in [5.74, 6) is 0.257. The number of benzene rings is 8. The first-order chi connectivity index (χ1) is 39.6. The largest absolute Gasteiger partial charge is 0.491 e. The van der Waals surface area contributed by atoms with E-state index in [0.29, 0.717) is 45.3 Å². The maximum Gasteiger partial charge on any atom is 0.407 e. The van der Waals surface area contributed by atoms with Gasteiger partial charge in [-0.3, -0.25) is 9.59 Å². The van der Waals surface area contributed by atoms with Gasteiger partial charge in [-0.05, 0) is 93.0 Å². The normalized spacial score (nSPS) is 15.8. The second-order valence-corrected chi connectivity index (χ2v) is 20.4. The van der Waals surface area contributed by atoms with Gasteiger partial charge in [0.2, 0.25) is 11.8 Å². The van der Waals surface area contributed by atoms with Crippen LogP contribution in [-0.2, 0) is 46.2 Å². The van der Waals surface area contributed by atoms with Crippen LogP contribution in [0.1, 0.15) is 42.0 Å². The number of amides is 3. The predicted molar refractivity (Wildman–Crippen MR) is 308 cm³/mol. The summed E-state index contributed by atoms with van der Waals surface area (Å²) in [6.45, 7) is 4.93. The smallest absolute Gasteiger partial charge is 0.407 e. The summed E-state index contributed by atoms with van der Waals surface area (Å²) in [6.07, 6.45) is -0.812. The van der Waals surface area contributed by atoms with E-state index in [-0.39, 0.29) is 78.2 Å². The van der Waals surface area contributed by atoms with Crippen molar-refractivity contribution in [2.24, 2.45) is 0 Å². The molecule has 3 amide bonds. The Kier molecular flexibility index (Phi) is 16.2. The molecular weight excluding hydrogens is 1030 g/mol. The minimum atomic E-state index is -1.67. The van der Waals surface area contributed by atoms with Gasteiger partial charge in [0, 0.05) is 41.0 Å². The molecule has 0 saturated carbocycles. The van der Waals surface area contributed by atoms with Crippen molar-refractivity contribution in [1.29, 1.82) is 0 Å². The Morgan fingerprint density at radius 1 is 0.494 bits per heavy atom. The summed E-state index contributed by atoms with van der Waals surface area (Å²) in [7, 11) is 1.27. The van der Waals surface area contributed by atoms with Crippen LogP contribution in [0.15, 0.2) is 158 Å². The molecule has 414 valence electrons. The Labute approximate surface area is 469 Å². The van der Waals surface area contributed by atoms with E-state index in [1.54, 1.807) is 0 Å². The number of esters is 1. The Hall–Kier alpha value is -8.92. The van der Waals surface area contributed by atoms with Crippen molar-refractivity contribution in [2.75, 3.05) is 66.6 Å². The molecule has 2 aliphatic carbocycles. The monoisotopic (exact) mass is 1090 g/mol. The first-order valence-electron chi connectivity index (χ1n) is 27.4. The summed E-state index contributed by atoms with van der Waals surface area (Å²) in [4.78, 5) is 55.4. The lowest BCUT2D eigenvalue weighted by Gasteiger charge is -2.33. The van der Waals surface area contributed by atoms with Gasteiger partial charge in [0.25, 0.3) is 0 Å². The second kappa shape index (κ2) is 24.2.